The molecule has 0 amide bonds. The molecule has 26 heavy (non-hydrogen) atoms. The molecule has 6 heteroatoms. The average Bonchev–Trinajstić information content (AvgIpc) is 3.08. The van der Waals surface area contributed by atoms with E-state index in [-0.39, 0.29) is 0 Å². The molecular formula is C20H23N5O. The number of ether oxygens (including phenoxy) is 1. The van der Waals surface area contributed by atoms with Crippen LogP contribution in [0.5, 0.6) is 11.6 Å². The molecule has 1 atom stereocenters. The second kappa shape index (κ2) is 7.66. The number of hydrogen-bond donors (Lipinski definition) is 0. The van der Waals surface area contributed by atoms with Crippen molar-refractivity contribution >= 4 is 0 Å². The number of benzene rings is 1. The fraction of sp³-hybridized carbons (Fsp3) is 0.350. The van der Waals surface area contributed by atoms with Crippen LogP contribution >= 0.6 is 0 Å². The van der Waals surface area contributed by atoms with Gasteiger partial charge in [-0.15, -0.1) is 0 Å². The fourth-order valence-electron chi connectivity index (χ4n) is 3.42. The van der Waals surface area contributed by atoms with Crippen molar-refractivity contribution in [3.8, 4) is 11.6 Å². The van der Waals surface area contributed by atoms with Gasteiger partial charge >= 0.3 is 0 Å². The molecule has 0 unspecified atom stereocenters. The van der Waals surface area contributed by atoms with Gasteiger partial charge in [0.2, 0.25) is 5.88 Å². The van der Waals surface area contributed by atoms with Crippen LogP contribution in [-0.2, 0) is 13.6 Å². The number of likely N-dealkylation sites (tertiary alicyclic amines) is 1. The van der Waals surface area contributed by atoms with E-state index in [1.54, 1.807) is 6.20 Å². The summed E-state index contributed by atoms with van der Waals surface area (Å²) in [6.45, 7) is 3.00. The van der Waals surface area contributed by atoms with Crippen molar-refractivity contribution < 1.29 is 4.74 Å². The molecule has 134 valence electrons. The molecule has 1 aliphatic heterocycles. The van der Waals surface area contributed by atoms with Crippen LogP contribution in [0.2, 0.25) is 0 Å². The molecule has 0 N–H and O–H groups in total. The highest BCUT2D eigenvalue weighted by atomic mass is 16.5. The molecule has 6 nitrogen and oxygen atoms in total. The van der Waals surface area contributed by atoms with Crippen molar-refractivity contribution in [2.75, 3.05) is 13.1 Å². The Kier molecular flexibility index (Phi) is 4.93. The number of hydrogen-bond acceptors (Lipinski definition) is 5. The van der Waals surface area contributed by atoms with Gasteiger partial charge in [0.25, 0.3) is 0 Å². The number of nitrogens with zero attached hydrogens (tertiary/aromatic N) is 5. The van der Waals surface area contributed by atoms with Gasteiger partial charge in [-0.3, -0.25) is 9.88 Å². The summed E-state index contributed by atoms with van der Waals surface area (Å²) in [7, 11) is 2.04. The Morgan fingerprint density at radius 1 is 1.12 bits per heavy atom. The predicted octanol–water partition coefficient (Wildman–Crippen LogP) is 3.38. The molecule has 0 spiro atoms. The molecule has 1 fully saturated rings. The van der Waals surface area contributed by atoms with E-state index >= 15 is 0 Å². The third-order valence-electron chi connectivity index (χ3n) is 4.82. The number of rotatable bonds is 5. The van der Waals surface area contributed by atoms with Gasteiger partial charge in [-0.2, -0.15) is 0 Å². The van der Waals surface area contributed by atoms with Crippen molar-refractivity contribution in [2.45, 2.75) is 25.3 Å². The minimum atomic E-state index is 0.379. The second-order valence-electron chi connectivity index (χ2n) is 6.77. The number of piperidine rings is 1. The van der Waals surface area contributed by atoms with E-state index in [9.17, 15) is 0 Å². The zero-order valence-electron chi connectivity index (χ0n) is 15.0. The molecule has 0 saturated carbocycles. The maximum absolute atomic E-state index is 5.84. The largest absolute Gasteiger partial charge is 0.437 e. The molecule has 4 rings (SSSR count). The van der Waals surface area contributed by atoms with Crippen molar-refractivity contribution in [1.29, 1.82) is 0 Å². The highest BCUT2D eigenvalue weighted by Gasteiger charge is 2.23. The lowest BCUT2D eigenvalue weighted by atomic mass is 9.95. The first kappa shape index (κ1) is 16.7. The van der Waals surface area contributed by atoms with Crippen LogP contribution in [0.3, 0.4) is 0 Å². The Morgan fingerprint density at radius 3 is 2.81 bits per heavy atom. The number of para-hydroxylation sites is 1. The summed E-state index contributed by atoms with van der Waals surface area (Å²) in [5, 5.41) is 0. The SMILES string of the molecule is Cn1cncc1CN1CCC[C@@H](c2cncc(Oc3ccccc3)n2)C1. The summed E-state index contributed by atoms with van der Waals surface area (Å²) in [5.74, 6) is 1.71. The zero-order valence-corrected chi connectivity index (χ0v) is 15.0. The number of aryl methyl sites for hydroxylation is 1. The van der Waals surface area contributed by atoms with E-state index < -0.39 is 0 Å². The fourth-order valence-corrected chi connectivity index (χ4v) is 3.42. The Bertz CT molecular complexity index is 848. The summed E-state index contributed by atoms with van der Waals surface area (Å²) in [6, 6.07) is 9.71. The maximum Gasteiger partial charge on any atom is 0.238 e. The Balaban J connectivity index is 1.45. The average molecular weight is 349 g/mol. The van der Waals surface area contributed by atoms with Gasteiger partial charge in [0.05, 0.1) is 23.9 Å². The van der Waals surface area contributed by atoms with Gasteiger partial charge in [-0.1, -0.05) is 18.2 Å². The summed E-state index contributed by atoms with van der Waals surface area (Å²) in [5.41, 5.74) is 2.24. The lowest BCUT2D eigenvalue weighted by Gasteiger charge is -2.32. The highest BCUT2D eigenvalue weighted by Crippen LogP contribution is 2.28. The van der Waals surface area contributed by atoms with Crippen LogP contribution in [0.1, 0.15) is 30.1 Å². The standard InChI is InChI=1S/C20H23N5O/c1-24-15-22-10-17(24)14-25-9-5-6-16(13-25)19-11-21-12-20(23-19)26-18-7-3-2-4-8-18/h2-4,7-8,10-12,15-16H,5-6,9,13-14H2,1H3/t16-/m1/s1. The van der Waals surface area contributed by atoms with Crippen LogP contribution in [-0.4, -0.2) is 37.5 Å². The lowest BCUT2D eigenvalue weighted by Crippen LogP contribution is -2.34. The van der Waals surface area contributed by atoms with E-state index in [0.29, 0.717) is 11.8 Å². The Morgan fingerprint density at radius 2 is 2.00 bits per heavy atom. The predicted molar refractivity (Wildman–Crippen MR) is 99.0 cm³/mol. The van der Waals surface area contributed by atoms with Gasteiger partial charge in [0.15, 0.2) is 0 Å². The van der Waals surface area contributed by atoms with Gasteiger partial charge in [-0.25, -0.2) is 9.97 Å². The Labute approximate surface area is 153 Å². The molecule has 3 heterocycles. The first-order chi connectivity index (χ1) is 12.8. The zero-order chi connectivity index (χ0) is 17.8. The van der Waals surface area contributed by atoms with Crippen LogP contribution in [0.25, 0.3) is 0 Å². The van der Waals surface area contributed by atoms with Crippen molar-refractivity contribution in [3.05, 3.63) is 66.6 Å². The van der Waals surface area contributed by atoms with E-state index in [2.05, 4.69) is 19.4 Å². The van der Waals surface area contributed by atoms with Gasteiger partial charge in [0.1, 0.15) is 5.75 Å². The molecule has 0 aliphatic carbocycles. The highest BCUT2D eigenvalue weighted by molar-refractivity contribution is 5.26. The van der Waals surface area contributed by atoms with Gasteiger partial charge in [-0.05, 0) is 31.5 Å². The third kappa shape index (κ3) is 3.91. The van der Waals surface area contributed by atoms with Crippen molar-refractivity contribution in [2.24, 2.45) is 7.05 Å². The molecule has 1 aliphatic rings. The van der Waals surface area contributed by atoms with E-state index in [1.807, 2.05) is 56.1 Å². The normalized spacial score (nSPS) is 18.0. The maximum atomic E-state index is 5.84. The summed E-state index contributed by atoms with van der Waals surface area (Å²) in [4.78, 5) is 15.7. The third-order valence-corrected chi connectivity index (χ3v) is 4.82. The first-order valence-corrected chi connectivity index (χ1v) is 9.00. The van der Waals surface area contributed by atoms with Gasteiger partial charge in [0, 0.05) is 38.4 Å². The van der Waals surface area contributed by atoms with Crippen LogP contribution in [0, 0.1) is 0 Å². The van der Waals surface area contributed by atoms with Crippen LogP contribution in [0.15, 0.2) is 55.2 Å². The topological polar surface area (TPSA) is 56.1 Å². The Hall–Kier alpha value is -2.73. The smallest absolute Gasteiger partial charge is 0.238 e. The first-order valence-electron chi connectivity index (χ1n) is 9.00. The minimum absolute atomic E-state index is 0.379. The monoisotopic (exact) mass is 349 g/mol. The second-order valence-corrected chi connectivity index (χ2v) is 6.77. The summed E-state index contributed by atoms with van der Waals surface area (Å²) in [6.07, 6.45) is 9.63. The van der Waals surface area contributed by atoms with Crippen molar-refractivity contribution in [3.63, 3.8) is 0 Å². The van der Waals surface area contributed by atoms with Crippen LogP contribution < -0.4 is 4.74 Å². The van der Waals surface area contributed by atoms with Gasteiger partial charge < -0.3 is 9.30 Å². The molecule has 0 bridgehead atoms. The van der Waals surface area contributed by atoms with E-state index in [0.717, 1.165) is 43.9 Å². The number of aromatic nitrogens is 4. The molecule has 3 aromatic rings. The molecule has 1 aromatic carbocycles. The van der Waals surface area contributed by atoms with Crippen LogP contribution in [0.4, 0.5) is 0 Å². The quantitative estimate of drug-likeness (QED) is 0.707. The lowest BCUT2D eigenvalue weighted by molar-refractivity contribution is 0.194. The van der Waals surface area contributed by atoms with E-state index in [1.165, 1.54) is 5.69 Å². The molecule has 2 aromatic heterocycles. The van der Waals surface area contributed by atoms with E-state index in [4.69, 9.17) is 9.72 Å². The molecular weight excluding hydrogens is 326 g/mol. The minimum Gasteiger partial charge on any atom is -0.437 e. The summed E-state index contributed by atoms with van der Waals surface area (Å²) >= 11 is 0. The van der Waals surface area contributed by atoms with Crippen molar-refractivity contribution in [1.82, 2.24) is 24.4 Å². The molecule has 0 radical (unpaired) electrons. The molecule has 1 saturated heterocycles. The number of imidazole rings is 1. The summed E-state index contributed by atoms with van der Waals surface area (Å²) < 4.78 is 7.92.